The Morgan fingerprint density at radius 3 is 2.68 bits per heavy atom. The second-order valence-corrected chi connectivity index (χ2v) is 5.33. The highest BCUT2D eigenvalue weighted by atomic mass is 35.5. The van der Waals surface area contributed by atoms with Gasteiger partial charge in [-0.1, -0.05) is 18.2 Å². The predicted octanol–water partition coefficient (Wildman–Crippen LogP) is 3.97. The first-order chi connectivity index (χ1) is 11.9. The number of carbonyl (C=O) groups excluding carboxylic acids is 2. The fraction of sp³-hybridized carbons (Fsp3) is 0.111. The number of hydrogen-bond acceptors (Lipinski definition) is 4. The van der Waals surface area contributed by atoms with Crippen molar-refractivity contribution in [3.8, 4) is 5.75 Å². The van der Waals surface area contributed by atoms with E-state index in [4.69, 9.17) is 16.3 Å². The molecule has 2 aromatic carbocycles. The average Bonchev–Trinajstić information content (AvgIpc) is 2.61. The first-order valence-electron chi connectivity index (χ1n) is 7.17. The van der Waals surface area contributed by atoms with Crippen molar-refractivity contribution in [3.63, 3.8) is 0 Å². The van der Waals surface area contributed by atoms with Gasteiger partial charge < -0.3 is 14.8 Å². The molecule has 0 unspecified atom stereocenters. The highest BCUT2D eigenvalue weighted by Crippen LogP contribution is 2.24. The van der Waals surface area contributed by atoms with Crippen molar-refractivity contribution in [2.75, 3.05) is 12.4 Å². The Bertz CT molecular complexity index is 823. The van der Waals surface area contributed by atoms with Crippen LogP contribution in [0, 0.1) is 5.82 Å². The molecular weight excluding hydrogens is 349 g/mol. The lowest BCUT2D eigenvalue weighted by atomic mass is 10.1. The smallest absolute Gasteiger partial charge is 0.337 e. The zero-order chi connectivity index (χ0) is 18.4. The van der Waals surface area contributed by atoms with Crippen molar-refractivity contribution < 1.29 is 23.5 Å². The lowest BCUT2D eigenvalue weighted by molar-refractivity contribution is -0.111. The summed E-state index contributed by atoms with van der Waals surface area (Å²) in [6, 6.07) is 8.58. The first kappa shape index (κ1) is 18.5. The van der Waals surface area contributed by atoms with Gasteiger partial charge in [0, 0.05) is 22.3 Å². The highest BCUT2D eigenvalue weighted by molar-refractivity contribution is 6.31. The number of hydrogen-bond donors (Lipinski definition) is 1. The second-order valence-electron chi connectivity index (χ2n) is 4.93. The number of ether oxygens (including phenoxy) is 2. The molecule has 0 heterocycles. The van der Waals surface area contributed by atoms with E-state index in [0.29, 0.717) is 16.1 Å². The van der Waals surface area contributed by atoms with Crippen molar-refractivity contribution in [1.82, 2.24) is 0 Å². The molecule has 0 saturated carbocycles. The minimum atomic E-state index is -0.651. The van der Waals surface area contributed by atoms with Gasteiger partial charge in [0.25, 0.3) is 0 Å². The fourth-order valence-electron chi connectivity index (χ4n) is 1.97. The van der Waals surface area contributed by atoms with Gasteiger partial charge in [0.05, 0.1) is 12.7 Å². The average molecular weight is 364 g/mol. The molecule has 0 saturated heterocycles. The quantitative estimate of drug-likeness (QED) is 0.623. The van der Waals surface area contributed by atoms with E-state index in [1.165, 1.54) is 37.4 Å². The third-order valence-corrected chi connectivity index (χ3v) is 3.60. The third-order valence-electron chi connectivity index (χ3n) is 3.23. The second kappa shape index (κ2) is 8.30. The summed E-state index contributed by atoms with van der Waals surface area (Å²) in [5.41, 5.74) is 1.10. The van der Waals surface area contributed by atoms with Gasteiger partial charge in [0.15, 0.2) is 11.6 Å². The summed E-state index contributed by atoms with van der Waals surface area (Å²) in [4.78, 5) is 22.8. The summed E-state index contributed by atoms with van der Waals surface area (Å²) in [5.74, 6) is -1.62. The number of esters is 1. The van der Waals surface area contributed by atoms with Crippen molar-refractivity contribution in [2.45, 2.75) is 6.61 Å². The molecule has 0 spiro atoms. The van der Waals surface area contributed by atoms with Gasteiger partial charge in [0.2, 0.25) is 5.91 Å². The molecular formula is C18H15ClFNO4. The number of nitrogens with one attached hydrogen (secondary N) is 1. The highest BCUT2D eigenvalue weighted by Gasteiger charge is 2.11. The lowest BCUT2D eigenvalue weighted by Gasteiger charge is -2.11. The van der Waals surface area contributed by atoms with Crippen molar-refractivity contribution >= 4 is 29.2 Å². The molecule has 2 rings (SSSR count). The number of methoxy groups -OCH3 is 1. The summed E-state index contributed by atoms with van der Waals surface area (Å²) in [7, 11) is 1.27. The summed E-state index contributed by atoms with van der Waals surface area (Å²) in [5, 5.41) is 2.82. The molecule has 0 bridgehead atoms. The molecule has 0 aliphatic rings. The molecule has 0 radical (unpaired) electrons. The molecule has 0 aromatic heterocycles. The molecule has 1 amide bonds. The van der Waals surface area contributed by atoms with Gasteiger partial charge >= 0.3 is 5.97 Å². The first-order valence-corrected chi connectivity index (χ1v) is 7.55. The molecule has 0 atom stereocenters. The Hall–Kier alpha value is -2.86. The number of halogens is 2. The minimum Gasteiger partial charge on any atom is -0.486 e. The molecule has 2 aromatic rings. The van der Waals surface area contributed by atoms with Crippen molar-refractivity contribution in [2.24, 2.45) is 0 Å². The number of carbonyl (C=O) groups is 2. The molecule has 0 fully saturated rings. The Morgan fingerprint density at radius 1 is 1.28 bits per heavy atom. The maximum atomic E-state index is 14.1. The van der Waals surface area contributed by atoms with E-state index < -0.39 is 17.7 Å². The van der Waals surface area contributed by atoms with Gasteiger partial charge in [-0.15, -0.1) is 0 Å². The predicted molar refractivity (Wildman–Crippen MR) is 92.4 cm³/mol. The van der Waals surface area contributed by atoms with E-state index in [1.54, 1.807) is 0 Å². The van der Waals surface area contributed by atoms with Crippen molar-refractivity contribution in [3.05, 3.63) is 71.0 Å². The number of rotatable bonds is 6. The normalized spacial score (nSPS) is 10.0. The van der Waals surface area contributed by atoms with Crippen LogP contribution in [0.15, 0.2) is 49.1 Å². The number of benzene rings is 2. The van der Waals surface area contributed by atoms with Crippen LogP contribution in [-0.2, 0) is 16.1 Å². The van der Waals surface area contributed by atoms with E-state index in [1.807, 2.05) is 0 Å². The van der Waals surface area contributed by atoms with Crippen LogP contribution in [0.4, 0.5) is 10.1 Å². The summed E-state index contributed by atoms with van der Waals surface area (Å²) >= 11 is 6.07. The van der Waals surface area contributed by atoms with Crippen LogP contribution in [0.1, 0.15) is 15.9 Å². The Kier molecular flexibility index (Phi) is 6.14. The summed E-state index contributed by atoms with van der Waals surface area (Å²) in [6.45, 7) is 3.28. The van der Waals surface area contributed by atoms with Crippen LogP contribution in [0.2, 0.25) is 5.02 Å². The maximum Gasteiger partial charge on any atom is 0.337 e. The zero-order valence-electron chi connectivity index (χ0n) is 13.3. The molecule has 130 valence electrons. The number of anilines is 1. The maximum absolute atomic E-state index is 14.1. The third kappa shape index (κ3) is 4.81. The standard InChI is InChI=1S/C18H15ClFNO4/c1-3-17(22)21-13-5-7-16(15(20)9-13)25-10-12-8-11(18(23)24-2)4-6-14(12)19/h3-9H,1,10H2,2H3,(H,21,22). The minimum absolute atomic E-state index is 0.0175. The molecule has 1 N–H and O–H groups in total. The Balaban J connectivity index is 2.12. The van der Waals surface area contributed by atoms with Gasteiger partial charge in [0.1, 0.15) is 6.61 Å². The van der Waals surface area contributed by atoms with Crippen LogP contribution in [0.25, 0.3) is 0 Å². The molecule has 7 heteroatoms. The Labute approximate surface area is 149 Å². The van der Waals surface area contributed by atoms with E-state index in [-0.39, 0.29) is 18.0 Å². The van der Waals surface area contributed by atoms with E-state index in [2.05, 4.69) is 16.6 Å². The van der Waals surface area contributed by atoms with Gasteiger partial charge in [-0.25, -0.2) is 9.18 Å². The summed E-state index contributed by atoms with van der Waals surface area (Å²) < 4.78 is 24.1. The van der Waals surface area contributed by atoms with Crippen LogP contribution in [-0.4, -0.2) is 19.0 Å². The van der Waals surface area contributed by atoms with Crippen LogP contribution < -0.4 is 10.1 Å². The van der Waals surface area contributed by atoms with Crippen molar-refractivity contribution in [1.29, 1.82) is 0 Å². The zero-order valence-corrected chi connectivity index (χ0v) is 14.1. The van der Waals surface area contributed by atoms with Gasteiger partial charge in [-0.3, -0.25) is 4.79 Å². The van der Waals surface area contributed by atoms with E-state index >= 15 is 0 Å². The topological polar surface area (TPSA) is 64.6 Å². The van der Waals surface area contributed by atoms with Crippen LogP contribution in [0.3, 0.4) is 0 Å². The van der Waals surface area contributed by atoms with Crippen LogP contribution in [0.5, 0.6) is 5.75 Å². The largest absolute Gasteiger partial charge is 0.486 e. The lowest BCUT2D eigenvalue weighted by Crippen LogP contribution is -2.08. The monoisotopic (exact) mass is 363 g/mol. The molecule has 25 heavy (non-hydrogen) atoms. The Morgan fingerprint density at radius 2 is 2.04 bits per heavy atom. The van der Waals surface area contributed by atoms with Gasteiger partial charge in [-0.05, 0) is 36.4 Å². The molecule has 5 nitrogen and oxygen atoms in total. The van der Waals surface area contributed by atoms with E-state index in [0.717, 1.165) is 12.1 Å². The van der Waals surface area contributed by atoms with Gasteiger partial charge in [-0.2, -0.15) is 0 Å². The van der Waals surface area contributed by atoms with E-state index in [9.17, 15) is 14.0 Å². The fourth-order valence-corrected chi connectivity index (χ4v) is 2.15. The summed E-state index contributed by atoms with van der Waals surface area (Å²) in [6.07, 6.45) is 1.08. The van der Waals surface area contributed by atoms with Crippen LogP contribution >= 0.6 is 11.6 Å². The SMILES string of the molecule is C=CC(=O)Nc1ccc(OCc2cc(C(=O)OC)ccc2Cl)c(F)c1. The number of amides is 1. The molecule has 0 aliphatic heterocycles. The molecule has 0 aliphatic carbocycles.